The number of hydrogen-bond donors (Lipinski definition) is 1. The molecule has 1 heterocycles. The number of hydrogen-bond acceptors (Lipinski definition) is 4. The zero-order valence-corrected chi connectivity index (χ0v) is 11.6. The molecule has 0 amide bonds. The molecule has 19 heavy (non-hydrogen) atoms. The number of benzene rings is 1. The van der Waals surface area contributed by atoms with Gasteiger partial charge in [0.2, 0.25) is 5.16 Å². The topological polar surface area (TPSA) is 56.7 Å². The van der Waals surface area contributed by atoms with E-state index in [1.165, 1.54) is 23.9 Å². The third kappa shape index (κ3) is 2.69. The highest BCUT2D eigenvalue weighted by molar-refractivity contribution is 7.98. The molecule has 4 nitrogen and oxygen atoms in total. The van der Waals surface area contributed by atoms with Crippen LogP contribution in [0.2, 0.25) is 5.02 Å². The smallest absolute Gasteiger partial charge is 0.210 e. The van der Waals surface area contributed by atoms with Gasteiger partial charge in [-0.2, -0.15) is 0 Å². The maximum Gasteiger partial charge on any atom is 0.210 e. The van der Waals surface area contributed by atoms with Gasteiger partial charge in [0.15, 0.2) is 5.82 Å². The van der Waals surface area contributed by atoms with E-state index in [9.17, 15) is 4.39 Å². The Bertz CT molecular complexity index is 612. The first-order valence-corrected chi connectivity index (χ1v) is 7.28. The number of rotatable bonds is 4. The Hall–Kier alpha value is -1.27. The van der Waals surface area contributed by atoms with Crippen molar-refractivity contribution in [3.8, 4) is 0 Å². The second-order valence-electron chi connectivity index (χ2n) is 4.51. The van der Waals surface area contributed by atoms with Gasteiger partial charge >= 0.3 is 0 Å². The van der Waals surface area contributed by atoms with Crippen LogP contribution in [0, 0.1) is 5.82 Å². The van der Waals surface area contributed by atoms with Crippen LogP contribution in [0.5, 0.6) is 0 Å². The first kappa shape index (κ1) is 12.7. The number of nitrogens with two attached hydrogens (primary N) is 1. The number of halogens is 2. The SMILES string of the molecule is Nn1c(SCc2ccc(F)cc2Cl)nnc1C1CC1. The molecule has 0 unspecified atom stereocenters. The maximum absolute atomic E-state index is 12.9. The maximum atomic E-state index is 12.9. The predicted molar refractivity (Wildman–Crippen MR) is 73.1 cm³/mol. The number of aromatic nitrogens is 3. The van der Waals surface area contributed by atoms with E-state index >= 15 is 0 Å². The largest absolute Gasteiger partial charge is 0.336 e. The number of thioether (sulfide) groups is 1. The Balaban J connectivity index is 1.71. The van der Waals surface area contributed by atoms with E-state index < -0.39 is 0 Å². The van der Waals surface area contributed by atoms with E-state index in [0.29, 0.717) is 21.8 Å². The zero-order valence-electron chi connectivity index (χ0n) is 10.0. The summed E-state index contributed by atoms with van der Waals surface area (Å²) < 4.78 is 14.5. The molecule has 2 aromatic rings. The van der Waals surface area contributed by atoms with Crippen molar-refractivity contribution in [1.29, 1.82) is 0 Å². The number of nitrogens with zero attached hydrogens (tertiary/aromatic N) is 3. The fourth-order valence-corrected chi connectivity index (χ4v) is 2.97. The molecule has 1 aromatic carbocycles. The van der Waals surface area contributed by atoms with Gasteiger partial charge in [0.05, 0.1) is 0 Å². The van der Waals surface area contributed by atoms with E-state index in [-0.39, 0.29) is 5.82 Å². The summed E-state index contributed by atoms with van der Waals surface area (Å²) >= 11 is 7.42. The molecule has 0 atom stereocenters. The van der Waals surface area contributed by atoms with Gasteiger partial charge < -0.3 is 5.84 Å². The monoisotopic (exact) mass is 298 g/mol. The molecular weight excluding hydrogens is 287 g/mol. The van der Waals surface area contributed by atoms with Crippen LogP contribution in [0.1, 0.15) is 30.1 Å². The summed E-state index contributed by atoms with van der Waals surface area (Å²) in [5.41, 5.74) is 0.851. The Morgan fingerprint density at radius 1 is 1.42 bits per heavy atom. The predicted octanol–water partition coefficient (Wildman–Crippen LogP) is 2.95. The molecule has 100 valence electrons. The summed E-state index contributed by atoms with van der Waals surface area (Å²) in [7, 11) is 0. The van der Waals surface area contributed by atoms with Crippen molar-refractivity contribution in [2.45, 2.75) is 29.7 Å². The lowest BCUT2D eigenvalue weighted by atomic mass is 10.2. The lowest BCUT2D eigenvalue weighted by Crippen LogP contribution is -2.13. The summed E-state index contributed by atoms with van der Waals surface area (Å²) in [6.45, 7) is 0. The van der Waals surface area contributed by atoms with Gasteiger partial charge in [-0.15, -0.1) is 10.2 Å². The summed E-state index contributed by atoms with van der Waals surface area (Å²) in [4.78, 5) is 0. The first-order chi connectivity index (χ1) is 9.15. The van der Waals surface area contributed by atoms with Crippen molar-refractivity contribution < 1.29 is 4.39 Å². The highest BCUT2D eigenvalue weighted by atomic mass is 35.5. The van der Waals surface area contributed by atoms with E-state index in [1.807, 2.05) is 0 Å². The quantitative estimate of drug-likeness (QED) is 0.696. The minimum atomic E-state index is -0.336. The lowest BCUT2D eigenvalue weighted by molar-refractivity contribution is 0.627. The van der Waals surface area contributed by atoms with Gasteiger partial charge in [0, 0.05) is 16.7 Å². The van der Waals surface area contributed by atoms with Crippen molar-refractivity contribution in [3.05, 3.63) is 40.4 Å². The van der Waals surface area contributed by atoms with Gasteiger partial charge in [0.25, 0.3) is 0 Å². The minimum absolute atomic E-state index is 0.336. The highest BCUT2D eigenvalue weighted by Crippen LogP contribution is 2.39. The van der Waals surface area contributed by atoms with Crippen LogP contribution in [0.15, 0.2) is 23.4 Å². The average Bonchev–Trinajstić information content (AvgIpc) is 3.14. The molecule has 3 rings (SSSR count). The molecule has 0 aliphatic heterocycles. The van der Waals surface area contributed by atoms with Crippen LogP contribution in [-0.2, 0) is 5.75 Å². The molecular formula is C12H12ClFN4S. The molecule has 2 N–H and O–H groups in total. The number of nitrogen functional groups attached to an aromatic ring is 1. The van der Waals surface area contributed by atoms with E-state index in [0.717, 1.165) is 24.2 Å². The minimum Gasteiger partial charge on any atom is -0.336 e. The van der Waals surface area contributed by atoms with Gasteiger partial charge in [-0.1, -0.05) is 29.4 Å². The second kappa shape index (κ2) is 5.02. The fourth-order valence-electron chi connectivity index (χ4n) is 1.79. The van der Waals surface area contributed by atoms with Crippen molar-refractivity contribution >= 4 is 23.4 Å². The van der Waals surface area contributed by atoms with Crippen molar-refractivity contribution in [2.75, 3.05) is 5.84 Å². The Morgan fingerprint density at radius 2 is 2.21 bits per heavy atom. The summed E-state index contributed by atoms with van der Waals surface area (Å²) in [5.74, 6) is 7.49. The van der Waals surface area contributed by atoms with Crippen molar-refractivity contribution in [2.24, 2.45) is 0 Å². The van der Waals surface area contributed by atoms with E-state index in [2.05, 4.69) is 10.2 Å². The Morgan fingerprint density at radius 3 is 2.89 bits per heavy atom. The third-order valence-corrected chi connectivity index (χ3v) is 4.35. The van der Waals surface area contributed by atoms with Gasteiger partial charge in [-0.25, -0.2) is 9.07 Å². The molecule has 1 saturated carbocycles. The molecule has 0 spiro atoms. The highest BCUT2D eigenvalue weighted by Gasteiger charge is 2.29. The normalized spacial score (nSPS) is 14.8. The third-order valence-electron chi connectivity index (χ3n) is 3.01. The molecule has 1 aliphatic carbocycles. The average molecular weight is 299 g/mol. The van der Waals surface area contributed by atoms with Crippen molar-refractivity contribution in [1.82, 2.24) is 14.9 Å². The Kier molecular flexibility index (Phi) is 3.36. The fraction of sp³-hybridized carbons (Fsp3) is 0.333. The van der Waals surface area contributed by atoms with Crippen LogP contribution >= 0.6 is 23.4 Å². The molecule has 1 fully saturated rings. The van der Waals surface area contributed by atoms with Crippen LogP contribution in [0.4, 0.5) is 4.39 Å². The van der Waals surface area contributed by atoms with Crippen LogP contribution in [0.25, 0.3) is 0 Å². The first-order valence-electron chi connectivity index (χ1n) is 5.92. The van der Waals surface area contributed by atoms with Crippen molar-refractivity contribution in [3.63, 3.8) is 0 Å². The summed E-state index contributed by atoms with van der Waals surface area (Å²) in [6.07, 6.45) is 2.26. The van der Waals surface area contributed by atoms with Gasteiger partial charge in [-0.05, 0) is 30.5 Å². The second-order valence-corrected chi connectivity index (χ2v) is 5.86. The Labute approximate surface area is 119 Å². The molecule has 1 aliphatic rings. The molecule has 1 aromatic heterocycles. The van der Waals surface area contributed by atoms with Crippen LogP contribution < -0.4 is 5.84 Å². The van der Waals surface area contributed by atoms with E-state index in [1.54, 1.807) is 10.7 Å². The van der Waals surface area contributed by atoms with Crippen LogP contribution in [-0.4, -0.2) is 14.9 Å². The van der Waals surface area contributed by atoms with Crippen LogP contribution in [0.3, 0.4) is 0 Å². The standard InChI is InChI=1S/C12H12ClFN4S/c13-10-5-9(14)4-3-8(10)6-19-12-17-16-11(18(12)15)7-1-2-7/h3-5,7H,1-2,6,15H2. The molecule has 0 radical (unpaired) electrons. The lowest BCUT2D eigenvalue weighted by Gasteiger charge is -2.04. The van der Waals surface area contributed by atoms with E-state index in [4.69, 9.17) is 17.4 Å². The van der Waals surface area contributed by atoms with Gasteiger partial charge in [0.1, 0.15) is 5.82 Å². The molecule has 0 saturated heterocycles. The van der Waals surface area contributed by atoms with Gasteiger partial charge in [-0.3, -0.25) is 0 Å². The summed E-state index contributed by atoms with van der Waals surface area (Å²) in [6, 6.07) is 4.37. The molecule has 7 heteroatoms. The molecule has 0 bridgehead atoms. The summed E-state index contributed by atoms with van der Waals surface area (Å²) in [5, 5.41) is 9.24. The zero-order chi connectivity index (χ0) is 13.4.